The number of halogens is 2. The number of carbonyl (C=O) groups is 2. The van der Waals surface area contributed by atoms with Crippen molar-refractivity contribution in [2.24, 2.45) is 0 Å². The second-order valence-electron chi connectivity index (χ2n) is 4.21. The van der Waals surface area contributed by atoms with E-state index in [1.165, 1.54) is 50.7 Å². The van der Waals surface area contributed by atoms with Crippen LogP contribution in [-0.2, 0) is 0 Å². The molecule has 1 aliphatic carbocycles. The third-order valence-corrected chi connectivity index (χ3v) is 3.26. The molecule has 0 spiro atoms. The van der Waals surface area contributed by atoms with Crippen molar-refractivity contribution < 1.29 is 9.59 Å². The highest BCUT2D eigenvalue weighted by molar-refractivity contribution is 6.71. The summed E-state index contributed by atoms with van der Waals surface area (Å²) in [6.45, 7) is 0. The van der Waals surface area contributed by atoms with Crippen molar-refractivity contribution in [1.29, 1.82) is 0 Å². The number of carbonyl (C=O) groups excluding carboxylic acids is 2. The molecular formula is C14H16Cl2O2. The van der Waals surface area contributed by atoms with Gasteiger partial charge in [-0.15, -0.1) is 0 Å². The van der Waals surface area contributed by atoms with E-state index in [4.69, 9.17) is 23.2 Å². The molecule has 0 amide bonds. The average Bonchev–Trinajstić information content (AvgIpc) is 2.41. The Balaban J connectivity index is 0.000000225. The van der Waals surface area contributed by atoms with Crippen LogP contribution in [0.5, 0.6) is 0 Å². The zero-order valence-electron chi connectivity index (χ0n) is 10.1. The van der Waals surface area contributed by atoms with Crippen LogP contribution in [0, 0.1) is 0 Å². The standard InChI is InChI=1S/C8H4Cl2O2.C6H12/c9-7(11)5-3-1-2-4-6(5)8(10)12;1-2-4-6-5-3-1/h1-4H;1-6H2. The molecule has 0 bridgehead atoms. The fraction of sp³-hybridized carbons (Fsp3) is 0.429. The van der Waals surface area contributed by atoms with Crippen LogP contribution in [0.15, 0.2) is 24.3 Å². The van der Waals surface area contributed by atoms with Crippen molar-refractivity contribution in [3.63, 3.8) is 0 Å². The van der Waals surface area contributed by atoms with Crippen LogP contribution in [0.2, 0.25) is 0 Å². The molecule has 1 saturated carbocycles. The fourth-order valence-corrected chi connectivity index (χ4v) is 2.22. The molecule has 0 aliphatic heterocycles. The van der Waals surface area contributed by atoms with Gasteiger partial charge in [-0.1, -0.05) is 50.7 Å². The van der Waals surface area contributed by atoms with Crippen LogP contribution in [0.3, 0.4) is 0 Å². The van der Waals surface area contributed by atoms with E-state index in [9.17, 15) is 9.59 Å². The van der Waals surface area contributed by atoms with Crippen molar-refractivity contribution in [2.45, 2.75) is 38.5 Å². The molecule has 0 unspecified atom stereocenters. The molecule has 0 radical (unpaired) electrons. The van der Waals surface area contributed by atoms with Crippen LogP contribution in [0.4, 0.5) is 0 Å². The van der Waals surface area contributed by atoms with Gasteiger partial charge in [0.25, 0.3) is 10.5 Å². The van der Waals surface area contributed by atoms with Crippen LogP contribution in [-0.4, -0.2) is 10.5 Å². The van der Waals surface area contributed by atoms with Gasteiger partial charge in [0.1, 0.15) is 0 Å². The van der Waals surface area contributed by atoms with Gasteiger partial charge in [-0.2, -0.15) is 0 Å². The van der Waals surface area contributed by atoms with Crippen molar-refractivity contribution >= 4 is 33.7 Å². The van der Waals surface area contributed by atoms with E-state index < -0.39 is 10.5 Å². The molecule has 0 saturated heterocycles. The van der Waals surface area contributed by atoms with Gasteiger partial charge in [0.2, 0.25) is 0 Å². The molecule has 1 aromatic carbocycles. The van der Waals surface area contributed by atoms with Gasteiger partial charge in [-0.3, -0.25) is 9.59 Å². The maximum absolute atomic E-state index is 10.7. The fourth-order valence-electron chi connectivity index (χ4n) is 1.89. The van der Waals surface area contributed by atoms with E-state index >= 15 is 0 Å². The highest BCUT2D eigenvalue weighted by atomic mass is 35.5. The van der Waals surface area contributed by atoms with E-state index in [-0.39, 0.29) is 11.1 Å². The quantitative estimate of drug-likeness (QED) is 0.733. The summed E-state index contributed by atoms with van der Waals surface area (Å²) in [6, 6.07) is 6.12. The summed E-state index contributed by atoms with van der Waals surface area (Å²) < 4.78 is 0. The highest BCUT2D eigenvalue weighted by Crippen LogP contribution is 2.15. The Morgan fingerprint density at radius 2 is 1.00 bits per heavy atom. The van der Waals surface area contributed by atoms with Crippen molar-refractivity contribution in [3.05, 3.63) is 35.4 Å². The summed E-state index contributed by atoms with van der Waals surface area (Å²) >= 11 is 10.4. The van der Waals surface area contributed by atoms with E-state index in [0.717, 1.165) is 0 Å². The largest absolute Gasteiger partial charge is 0.276 e. The summed E-state index contributed by atoms with van der Waals surface area (Å²) in [5.74, 6) is 0. The lowest BCUT2D eigenvalue weighted by Crippen LogP contribution is -1.99. The van der Waals surface area contributed by atoms with Gasteiger partial charge in [-0.05, 0) is 35.3 Å². The van der Waals surface area contributed by atoms with Crippen LogP contribution >= 0.6 is 23.2 Å². The second kappa shape index (κ2) is 8.28. The van der Waals surface area contributed by atoms with Crippen molar-refractivity contribution in [1.82, 2.24) is 0 Å². The van der Waals surface area contributed by atoms with Crippen molar-refractivity contribution in [2.75, 3.05) is 0 Å². The maximum atomic E-state index is 10.7. The molecule has 98 valence electrons. The molecule has 0 atom stereocenters. The number of benzene rings is 1. The lowest BCUT2D eigenvalue weighted by Gasteiger charge is -2.05. The Hall–Kier alpha value is -0.860. The summed E-state index contributed by atoms with van der Waals surface area (Å²) in [6.07, 6.45) is 9.00. The molecular weight excluding hydrogens is 271 g/mol. The minimum atomic E-state index is -0.681. The first-order valence-electron chi connectivity index (χ1n) is 6.11. The summed E-state index contributed by atoms with van der Waals surface area (Å²) in [7, 11) is 0. The Kier molecular flexibility index (Phi) is 6.99. The topological polar surface area (TPSA) is 34.1 Å². The van der Waals surface area contributed by atoms with E-state index in [1.807, 2.05) is 0 Å². The molecule has 2 nitrogen and oxygen atoms in total. The Labute approximate surface area is 117 Å². The average molecular weight is 287 g/mol. The predicted molar refractivity (Wildman–Crippen MR) is 74.5 cm³/mol. The Morgan fingerprint density at radius 3 is 1.22 bits per heavy atom. The second-order valence-corrected chi connectivity index (χ2v) is 4.90. The van der Waals surface area contributed by atoms with Crippen LogP contribution in [0.1, 0.15) is 59.2 Å². The van der Waals surface area contributed by atoms with E-state index in [2.05, 4.69) is 0 Å². The summed E-state index contributed by atoms with van der Waals surface area (Å²) in [4.78, 5) is 21.5. The minimum absolute atomic E-state index is 0.138. The van der Waals surface area contributed by atoms with Gasteiger partial charge in [0.15, 0.2) is 0 Å². The number of hydrogen-bond acceptors (Lipinski definition) is 2. The molecule has 1 fully saturated rings. The van der Waals surface area contributed by atoms with Gasteiger partial charge >= 0.3 is 0 Å². The molecule has 1 aromatic rings. The Bertz CT molecular complexity index is 368. The summed E-state index contributed by atoms with van der Waals surface area (Å²) in [5, 5.41) is -1.36. The van der Waals surface area contributed by atoms with Crippen LogP contribution < -0.4 is 0 Å². The summed E-state index contributed by atoms with van der Waals surface area (Å²) in [5.41, 5.74) is 0.276. The molecule has 18 heavy (non-hydrogen) atoms. The zero-order valence-corrected chi connectivity index (χ0v) is 11.6. The molecule has 0 aromatic heterocycles. The van der Waals surface area contributed by atoms with Gasteiger partial charge in [0, 0.05) is 11.1 Å². The van der Waals surface area contributed by atoms with Gasteiger partial charge < -0.3 is 0 Å². The normalized spacial score (nSPS) is 14.3. The zero-order chi connectivity index (χ0) is 13.4. The monoisotopic (exact) mass is 286 g/mol. The molecule has 2 rings (SSSR count). The maximum Gasteiger partial charge on any atom is 0.253 e. The highest BCUT2D eigenvalue weighted by Gasteiger charge is 2.12. The Morgan fingerprint density at radius 1 is 0.722 bits per heavy atom. The first-order valence-corrected chi connectivity index (χ1v) is 6.87. The molecule has 0 N–H and O–H groups in total. The van der Waals surface area contributed by atoms with Gasteiger partial charge in [0.05, 0.1) is 0 Å². The molecule has 4 heteroatoms. The smallest absolute Gasteiger partial charge is 0.253 e. The van der Waals surface area contributed by atoms with Crippen molar-refractivity contribution in [3.8, 4) is 0 Å². The third-order valence-electron chi connectivity index (χ3n) is 2.85. The van der Waals surface area contributed by atoms with Crippen LogP contribution in [0.25, 0.3) is 0 Å². The lowest BCUT2D eigenvalue weighted by atomic mass is 10.0. The molecule has 0 heterocycles. The predicted octanol–water partition coefficient (Wildman–Crippen LogP) is 4.79. The number of rotatable bonds is 2. The van der Waals surface area contributed by atoms with E-state index in [0.29, 0.717) is 0 Å². The molecule has 1 aliphatic rings. The first-order chi connectivity index (χ1) is 8.63. The minimum Gasteiger partial charge on any atom is -0.276 e. The first kappa shape index (κ1) is 15.2. The van der Waals surface area contributed by atoms with Gasteiger partial charge in [-0.25, -0.2) is 0 Å². The van der Waals surface area contributed by atoms with E-state index in [1.54, 1.807) is 12.1 Å². The third kappa shape index (κ3) is 5.19. The lowest BCUT2D eigenvalue weighted by molar-refractivity contribution is 0.105. The SMILES string of the molecule is C1CCCCC1.O=C(Cl)c1ccccc1C(=O)Cl. The number of hydrogen-bond donors (Lipinski definition) is 0.